The van der Waals surface area contributed by atoms with Crippen LogP contribution in [0.25, 0.3) is 0 Å². The normalized spacial score (nSPS) is 23.4. The molecule has 0 aliphatic heterocycles. The first-order chi connectivity index (χ1) is 15.4. The molecule has 2 aromatic carbocycles. The smallest absolute Gasteiger partial charge is 0.408 e. The van der Waals surface area contributed by atoms with Crippen molar-refractivity contribution in [1.82, 2.24) is 5.32 Å². The molecule has 32 heavy (non-hydrogen) atoms. The summed E-state index contributed by atoms with van der Waals surface area (Å²) in [6, 6.07) is 12.7. The summed E-state index contributed by atoms with van der Waals surface area (Å²) < 4.78 is 21.5. The number of nitriles is 2. The maximum absolute atomic E-state index is 11.9. The Balaban J connectivity index is 0.000000253. The summed E-state index contributed by atoms with van der Waals surface area (Å²) in [6.45, 7) is 5.33. The van der Waals surface area contributed by atoms with Gasteiger partial charge in [-0.2, -0.15) is 10.5 Å². The fraction of sp³-hybridized carbons (Fsp3) is 0.423. The van der Waals surface area contributed by atoms with E-state index < -0.39 is 23.7 Å². The largest absolute Gasteiger partial charge is 0.444 e. The highest BCUT2D eigenvalue weighted by atomic mass is 16.6. The van der Waals surface area contributed by atoms with E-state index in [1.807, 2.05) is 6.07 Å². The molecule has 168 valence electrons. The molecule has 2 aromatic rings. The summed E-state index contributed by atoms with van der Waals surface area (Å²) in [5.74, 6) is 0. The second kappa shape index (κ2) is 10.3. The number of ether oxygens (including phenoxy) is 1. The molecule has 0 saturated heterocycles. The van der Waals surface area contributed by atoms with Crippen molar-refractivity contribution in [3.63, 3.8) is 0 Å². The van der Waals surface area contributed by atoms with E-state index in [0.29, 0.717) is 36.0 Å². The van der Waals surface area contributed by atoms with Gasteiger partial charge in [0.15, 0.2) is 0 Å². The quantitative estimate of drug-likeness (QED) is 0.640. The molecular formula is C26H32N4O2. The third-order valence-electron chi connectivity index (χ3n) is 5.19. The van der Waals surface area contributed by atoms with Crippen LogP contribution < -0.4 is 11.1 Å². The molecule has 0 aromatic heterocycles. The number of nitrogens with two attached hydrogens (primary N) is 1. The van der Waals surface area contributed by atoms with Gasteiger partial charge in [0.05, 0.1) is 32.0 Å². The van der Waals surface area contributed by atoms with Gasteiger partial charge in [-0.3, -0.25) is 0 Å². The van der Waals surface area contributed by atoms with Gasteiger partial charge in [0.1, 0.15) is 5.60 Å². The van der Waals surface area contributed by atoms with E-state index in [4.69, 9.17) is 23.7 Å². The maximum atomic E-state index is 11.9. The number of fused-ring (bicyclic) bond motifs is 2. The zero-order chi connectivity index (χ0) is 24.4. The molecule has 0 radical (unpaired) electrons. The van der Waals surface area contributed by atoms with E-state index in [-0.39, 0.29) is 7.43 Å². The van der Waals surface area contributed by atoms with E-state index >= 15 is 0 Å². The number of benzene rings is 2. The van der Waals surface area contributed by atoms with Gasteiger partial charge in [-0.05, 0) is 80.8 Å². The number of carbonyl (C=O) groups excluding carboxylic acids is 1. The molecule has 1 amide bonds. The van der Waals surface area contributed by atoms with Crippen LogP contribution in [0, 0.1) is 22.7 Å². The zero-order valence-corrected chi connectivity index (χ0v) is 18.1. The number of carbonyl (C=O) groups is 1. The van der Waals surface area contributed by atoms with Crippen molar-refractivity contribution in [3.8, 4) is 12.1 Å². The molecule has 0 heterocycles. The van der Waals surface area contributed by atoms with Crippen LogP contribution in [0.3, 0.4) is 0 Å². The first kappa shape index (κ1) is 21.9. The lowest BCUT2D eigenvalue weighted by molar-refractivity contribution is 0.0503. The fourth-order valence-electron chi connectivity index (χ4n) is 3.84. The Morgan fingerprint density at radius 3 is 2.16 bits per heavy atom. The first-order valence-corrected chi connectivity index (χ1v) is 10.3. The van der Waals surface area contributed by atoms with Gasteiger partial charge in [-0.15, -0.1) is 0 Å². The topological polar surface area (TPSA) is 112 Å². The van der Waals surface area contributed by atoms with Gasteiger partial charge in [-0.1, -0.05) is 31.7 Å². The summed E-state index contributed by atoms with van der Waals surface area (Å²) >= 11 is 0. The van der Waals surface area contributed by atoms with Gasteiger partial charge in [0.2, 0.25) is 0 Å². The predicted molar refractivity (Wildman–Crippen MR) is 125 cm³/mol. The average molecular weight is 435 g/mol. The van der Waals surface area contributed by atoms with Gasteiger partial charge >= 0.3 is 6.09 Å². The van der Waals surface area contributed by atoms with Gasteiger partial charge in [-0.25, -0.2) is 4.79 Å². The Bertz CT molecular complexity index is 1160. The van der Waals surface area contributed by atoms with Crippen LogP contribution in [0.4, 0.5) is 4.79 Å². The number of nitrogens with zero attached hydrogens (tertiary/aromatic N) is 2. The van der Waals surface area contributed by atoms with Crippen LogP contribution in [0.5, 0.6) is 0 Å². The molecule has 0 fully saturated rings. The standard InChI is InChI=1S/C15H18N2O2.C10H10N2.CH4/c1-15(2,3)19-14(18)17-13-8-7-11-10(9-16)5-4-6-12(11)13;11-6-7-2-1-3-9-8(7)4-5-10(9)12;/h4-6,13H,7-8H2,1-3H3,(H,17,18);1-3,10H,4-5,12H2;1H4/t13-;10-;/m00./s1/i13D;10D;. The van der Waals surface area contributed by atoms with Gasteiger partial charge < -0.3 is 15.8 Å². The number of rotatable bonds is 1. The van der Waals surface area contributed by atoms with E-state index in [1.165, 1.54) is 0 Å². The van der Waals surface area contributed by atoms with Crippen molar-refractivity contribution in [1.29, 1.82) is 10.5 Å². The van der Waals surface area contributed by atoms with Crippen LogP contribution in [0.2, 0.25) is 0 Å². The monoisotopic (exact) mass is 434 g/mol. The number of hydrogen-bond acceptors (Lipinski definition) is 5. The highest BCUT2D eigenvalue weighted by Gasteiger charge is 2.27. The molecule has 6 heteroatoms. The lowest BCUT2D eigenvalue weighted by Crippen LogP contribution is -2.34. The van der Waals surface area contributed by atoms with Crippen molar-refractivity contribution in [2.75, 3.05) is 0 Å². The second-order valence-corrected chi connectivity index (χ2v) is 8.52. The molecule has 3 N–H and O–H groups in total. The summed E-state index contributed by atoms with van der Waals surface area (Å²) in [6.07, 6.45) is 1.81. The Morgan fingerprint density at radius 1 is 1.06 bits per heavy atom. The average Bonchev–Trinajstić information content (AvgIpc) is 3.23. The van der Waals surface area contributed by atoms with Crippen LogP contribution in [-0.4, -0.2) is 11.7 Å². The van der Waals surface area contributed by atoms with Gasteiger partial charge in [0.25, 0.3) is 0 Å². The van der Waals surface area contributed by atoms with Crippen molar-refractivity contribution in [2.45, 2.75) is 71.5 Å². The van der Waals surface area contributed by atoms with Crippen molar-refractivity contribution in [3.05, 3.63) is 69.8 Å². The molecule has 0 bridgehead atoms. The van der Waals surface area contributed by atoms with Crippen LogP contribution in [0.1, 0.15) is 89.2 Å². The van der Waals surface area contributed by atoms with Crippen molar-refractivity contribution >= 4 is 6.09 Å². The van der Waals surface area contributed by atoms with E-state index in [1.54, 1.807) is 51.1 Å². The lowest BCUT2D eigenvalue weighted by atomic mass is 10.0. The third-order valence-corrected chi connectivity index (χ3v) is 5.19. The highest BCUT2D eigenvalue weighted by molar-refractivity contribution is 5.69. The Morgan fingerprint density at radius 2 is 1.59 bits per heavy atom. The Kier molecular flexibility index (Phi) is 7.04. The third kappa shape index (κ3) is 5.66. The summed E-state index contributed by atoms with van der Waals surface area (Å²) in [5.41, 5.74) is 9.71. The minimum absolute atomic E-state index is 0. The maximum Gasteiger partial charge on any atom is 0.408 e. The van der Waals surface area contributed by atoms with Crippen molar-refractivity contribution in [2.24, 2.45) is 5.73 Å². The minimum Gasteiger partial charge on any atom is -0.444 e. The van der Waals surface area contributed by atoms with E-state index in [0.717, 1.165) is 23.1 Å². The van der Waals surface area contributed by atoms with Crippen molar-refractivity contribution < 1.29 is 12.3 Å². The van der Waals surface area contributed by atoms with E-state index in [9.17, 15) is 4.79 Å². The Hall–Kier alpha value is -3.35. The molecule has 4 rings (SSSR count). The number of nitrogens with one attached hydrogen (secondary N) is 1. The lowest BCUT2D eigenvalue weighted by Gasteiger charge is -2.22. The number of amides is 1. The van der Waals surface area contributed by atoms with Gasteiger partial charge in [0, 0.05) is 6.02 Å². The summed E-state index contributed by atoms with van der Waals surface area (Å²) in [5, 5.41) is 20.5. The molecule has 0 unspecified atom stereocenters. The molecule has 0 saturated carbocycles. The van der Waals surface area contributed by atoms with Crippen LogP contribution in [-0.2, 0) is 17.6 Å². The van der Waals surface area contributed by atoms with Crippen LogP contribution in [0.15, 0.2) is 36.4 Å². The fourth-order valence-corrected chi connectivity index (χ4v) is 3.84. The Labute approximate surface area is 193 Å². The molecule has 6 nitrogen and oxygen atoms in total. The highest BCUT2D eigenvalue weighted by Crippen LogP contribution is 2.33. The second-order valence-electron chi connectivity index (χ2n) is 8.52. The first-order valence-electron chi connectivity index (χ1n) is 11.3. The minimum atomic E-state index is -1.22. The SMILES string of the molecule is C.[2H][C@]1(N)CCc2c(C#N)cccc21.[2H][C@]1(NC(=O)OC(C)(C)C)CCc2c(C#N)cccc21. The number of alkyl carbamates (subject to hydrolysis) is 1. The molecule has 0 spiro atoms. The number of hydrogen-bond donors (Lipinski definition) is 2. The molecule has 2 aliphatic carbocycles. The molecular weight excluding hydrogens is 400 g/mol. The molecule has 2 atom stereocenters. The summed E-state index contributed by atoms with van der Waals surface area (Å²) in [7, 11) is 0. The zero-order valence-electron chi connectivity index (χ0n) is 20.1. The van der Waals surface area contributed by atoms with Crippen LogP contribution >= 0.6 is 0 Å². The summed E-state index contributed by atoms with van der Waals surface area (Å²) in [4.78, 5) is 11.9. The molecule has 2 aliphatic rings. The van der Waals surface area contributed by atoms with E-state index in [2.05, 4.69) is 17.5 Å². The predicted octanol–water partition coefficient (Wildman–Crippen LogP) is 5.21.